The number of benzene rings is 2. The van der Waals surface area contributed by atoms with Crippen LogP contribution >= 0.6 is 0 Å². The average Bonchev–Trinajstić information content (AvgIpc) is 2.81. The summed E-state index contributed by atoms with van der Waals surface area (Å²) in [6.07, 6.45) is 1.87. The van der Waals surface area contributed by atoms with Crippen molar-refractivity contribution in [3.8, 4) is 17.6 Å². The molecule has 3 aromatic rings. The number of ether oxygens (including phenoxy) is 2. The van der Waals surface area contributed by atoms with Crippen LogP contribution in [0.3, 0.4) is 0 Å². The minimum atomic E-state index is -0.242. The fourth-order valence-electron chi connectivity index (χ4n) is 4.45. The van der Waals surface area contributed by atoms with Crippen LogP contribution in [-0.2, 0) is 7.05 Å². The highest BCUT2D eigenvalue weighted by Gasteiger charge is 2.26. The molecule has 1 saturated heterocycles. The van der Waals surface area contributed by atoms with Gasteiger partial charge in [0.2, 0.25) is 0 Å². The number of hydrogen-bond donors (Lipinski definition) is 0. The number of piperidine rings is 1. The minimum absolute atomic E-state index is 0.223. The molecule has 0 saturated carbocycles. The minimum Gasteiger partial charge on any atom is -0.493 e. The summed E-state index contributed by atoms with van der Waals surface area (Å²) in [7, 11) is 5.00. The molecule has 1 fully saturated rings. The highest BCUT2D eigenvalue weighted by Crippen LogP contribution is 2.37. The highest BCUT2D eigenvalue weighted by atomic mass is 16.5. The Morgan fingerprint density at radius 3 is 2.40 bits per heavy atom. The molecule has 0 unspecified atom stereocenters. The number of aryl methyl sites for hydroxylation is 1. The first-order chi connectivity index (χ1) is 14.6. The summed E-state index contributed by atoms with van der Waals surface area (Å²) in [5, 5.41) is 10.7. The van der Waals surface area contributed by atoms with Crippen LogP contribution in [0.4, 0.5) is 5.69 Å². The van der Waals surface area contributed by atoms with Gasteiger partial charge in [0, 0.05) is 25.5 Å². The number of fused-ring (bicyclic) bond motifs is 1. The molecule has 0 bridgehead atoms. The van der Waals surface area contributed by atoms with E-state index < -0.39 is 0 Å². The molecule has 4 rings (SSSR count). The molecule has 0 amide bonds. The summed E-state index contributed by atoms with van der Waals surface area (Å²) < 4.78 is 12.4. The van der Waals surface area contributed by atoms with E-state index in [0.29, 0.717) is 5.92 Å². The van der Waals surface area contributed by atoms with E-state index in [-0.39, 0.29) is 11.1 Å². The molecular formula is C24H25N3O3. The van der Waals surface area contributed by atoms with E-state index in [2.05, 4.69) is 17.0 Å². The Hall–Kier alpha value is -3.46. The average molecular weight is 403 g/mol. The number of methoxy groups -OCH3 is 2. The van der Waals surface area contributed by atoms with Gasteiger partial charge in [-0.1, -0.05) is 24.3 Å². The van der Waals surface area contributed by atoms with Gasteiger partial charge in [-0.25, -0.2) is 0 Å². The van der Waals surface area contributed by atoms with Gasteiger partial charge in [-0.3, -0.25) is 4.79 Å². The number of nitriles is 1. The molecule has 2 heterocycles. The van der Waals surface area contributed by atoms with Crippen LogP contribution in [0.15, 0.2) is 47.3 Å². The molecule has 6 nitrogen and oxygen atoms in total. The van der Waals surface area contributed by atoms with E-state index in [1.807, 2.05) is 36.4 Å². The summed E-state index contributed by atoms with van der Waals surface area (Å²) in [6, 6.07) is 16.0. The van der Waals surface area contributed by atoms with Crippen LogP contribution in [0.2, 0.25) is 0 Å². The normalized spacial score (nSPS) is 14.5. The SMILES string of the molecule is COc1ccc(C2CCN(c3c(C#N)c(=O)n(C)c4ccccc34)CC2)cc1OC. The molecule has 0 spiro atoms. The second kappa shape index (κ2) is 8.11. The maximum absolute atomic E-state index is 12.8. The van der Waals surface area contributed by atoms with Crippen molar-refractivity contribution in [2.45, 2.75) is 18.8 Å². The van der Waals surface area contributed by atoms with Gasteiger partial charge in [-0.05, 0) is 42.5 Å². The number of aromatic nitrogens is 1. The van der Waals surface area contributed by atoms with Crippen molar-refractivity contribution in [2.75, 3.05) is 32.2 Å². The molecule has 0 atom stereocenters. The first-order valence-corrected chi connectivity index (χ1v) is 10.1. The van der Waals surface area contributed by atoms with E-state index in [9.17, 15) is 10.1 Å². The highest BCUT2D eigenvalue weighted by molar-refractivity contribution is 5.94. The summed E-state index contributed by atoms with van der Waals surface area (Å²) >= 11 is 0. The van der Waals surface area contributed by atoms with Crippen molar-refractivity contribution in [3.63, 3.8) is 0 Å². The maximum Gasteiger partial charge on any atom is 0.270 e. The fourth-order valence-corrected chi connectivity index (χ4v) is 4.45. The van der Waals surface area contributed by atoms with Crippen LogP contribution in [0.25, 0.3) is 10.9 Å². The maximum atomic E-state index is 12.8. The smallest absolute Gasteiger partial charge is 0.270 e. The van der Waals surface area contributed by atoms with Gasteiger partial charge in [0.1, 0.15) is 11.6 Å². The Balaban J connectivity index is 1.66. The number of anilines is 1. The third-order valence-electron chi connectivity index (χ3n) is 6.08. The topological polar surface area (TPSA) is 67.5 Å². The van der Waals surface area contributed by atoms with Gasteiger partial charge in [-0.15, -0.1) is 0 Å². The number of pyridine rings is 1. The summed E-state index contributed by atoms with van der Waals surface area (Å²) in [4.78, 5) is 15.0. The Morgan fingerprint density at radius 1 is 1.03 bits per heavy atom. The van der Waals surface area contributed by atoms with E-state index in [0.717, 1.165) is 54.0 Å². The zero-order valence-corrected chi connectivity index (χ0v) is 17.5. The molecule has 1 aliphatic rings. The van der Waals surface area contributed by atoms with E-state index >= 15 is 0 Å². The van der Waals surface area contributed by atoms with Crippen molar-refractivity contribution in [3.05, 3.63) is 63.9 Å². The lowest BCUT2D eigenvalue weighted by atomic mass is 9.88. The van der Waals surface area contributed by atoms with Crippen LogP contribution in [0.1, 0.15) is 29.9 Å². The Labute approximate surface area is 175 Å². The standard InChI is InChI=1S/C24H25N3O3/c1-26-20-7-5-4-6-18(20)23(19(15-25)24(26)28)27-12-10-16(11-13-27)17-8-9-21(29-2)22(14-17)30-3/h4-9,14,16H,10-13H2,1-3H3. The largest absolute Gasteiger partial charge is 0.493 e. The van der Waals surface area contributed by atoms with Gasteiger partial charge >= 0.3 is 0 Å². The van der Waals surface area contributed by atoms with E-state index in [4.69, 9.17) is 9.47 Å². The van der Waals surface area contributed by atoms with Crippen molar-refractivity contribution in [2.24, 2.45) is 7.05 Å². The second-order valence-corrected chi connectivity index (χ2v) is 7.59. The molecular weight excluding hydrogens is 378 g/mol. The lowest BCUT2D eigenvalue weighted by Crippen LogP contribution is -2.35. The van der Waals surface area contributed by atoms with Crippen LogP contribution in [0, 0.1) is 11.3 Å². The van der Waals surface area contributed by atoms with Gasteiger partial charge in [-0.2, -0.15) is 5.26 Å². The fraction of sp³-hybridized carbons (Fsp3) is 0.333. The molecule has 6 heteroatoms. The van der Waals surface area contributed by atoms with Crippen LogP contribution in [0.5, 0.6) is 11.5 Å². The summed E-state index contributed by atoms with van der Waals surface area (Å²) in [6.45, 7) is 1.57. The Bertz CT molecular complexity index is 1180. The van der Waals surface area contributed by atoms with Crippen molar-refractivity contribution in [1.82, 2.24) is 4.57 Å². The van der Waals surface area contributed by atoms with Gasteiger partial charge in [0.25, 0.3) is 5.56 Å². The molecule has 1 aliphatic heterocycles. The van der Waals surface area contributed by atoms with Crippen LogP contribution < -0.4 is 19.9 Å². The number of hydrogen-bond acceptors (Lipinski definition) is 5. The van der Waals surface area contributed by atoms with Gasteiger partial charge in [0.15, 0.2) is 11.5 Å². The summed E-state index contributed by atoms with van der Waals surface area (Å²) in [5.41, 5.74) is 2.82. The molecule has 154 valence electrons. The quantitative estimate of drug-likeness (QED) is 0.663. The number of rotatable bonds is 4. The monoisotopic (exact) mass is 403 g/mol. The zero-order valence-electron chi connectivity index (χ0n) is 17.5. The first kappa shape index (κ1) is 19.8. The molecule has 0 aliphatic carbocycles. The second-order valence-electron chi connectivity index (χ2n) is 7.59. The Morgan fingerprint density at radius 2 is 1.73 bits per heavy atom. The molecule has 2 aromatic carbocycles. The lowest BCUT2D eigenvalue weighted by molar-refractivity contribution is 0.353. The third-order valence-corrected chi connectivity index (χ3v) is 6.08. The zero-order chi connectivity index (χ0) is 21.3. The van der Waals surface area contributed by atoms with E-state index in [1.54, 1.807) is 25.8 Å². The lowest BCUT2D eigenvalue weighted by Gasteiger charge is -2.35. The third kappa shape index (κ3) is 3.26. The first-order valence-electron chi connectivity index (χ1n) is 10.1. The van der Waals surface area contributed by atoms with Crippen molar-refractivity contribution in [1.29, 1.82) is 5.26 Å². The molecule has 0 N–H and O–H groups in total. The van der Waals surface area contributed by atoms with Crippen molar-refractivity contribution >= 4 is 16.6 Å². The van der Waals surface area contributed by atoms with Crippen molar-refractivity contribution < 1.29 is 9.47 Å². The Kier molecular flexibility index (Phi) is 5.37. The number of para-hydroxylation sites is 1. The van der Waals surface area contributed by atoms with E-state index in [1.165, 1.54) is 5.56 Å². The van der Waals surface area contributed by atoms with Crippen LogP contribution in [-0.4, -0.2) is 31.9 Å². The number of nitrogens with zero attached hydrogens (tertiary/aromatic N) is 3. The molecule has 0 radical (unpaired) electrons. The summed E-state index contributed by atoms with van der Waals surface area (Å²) in [5.74, 6) is 1.86. The molecule has 30 heavy (non-hydrogen) atoms. The predicted molar refractivity (Wildman–Crippen MR) is 118 cm³/mol. The predicted octanol–water partition coefficient (Wildman–Crippen LogP) is 3.81. The van der Waals surface area contributed by atoms with Gasteiger partial charge in [0.05, 0.1) is 25.4 Å². The van der Waals surface area contributed by atoms with Gasteiger partial charge < -0.3 is 18.9 Å². The molecule has 1 aromatic heterocycles.